The first-order valence-electron chi connectivity index (χ1n) is 4.88. The topological polar surface area (TPSA) is 35.8 Å². The van der Waals surface area contributed by atoms with Crippen molar-refractivity contribution in [1.82, 2.24) is 5.32 Å². The Hall–Kier alpha value is -0.550. The van der Waals surface area contributed by atoms with Gasteiger partial charge in [-0.3, -0.25) is 0 Å². The first kappa shape index (κ1) is 8.07. The van der Waals surface area contributed by atoms with Gasteiger partial charge in [0.2, 0.25) is 0 Å². The van der Waals surface area contributed by atoms with E-state index in [-0.39, 0.29) is 0 Å². The Morgan fingerprint density at radius 1 is 1.50 bits per heavy atom. The Morgan fingerprint density at radius 2 is 2.33 bits per heavy atom. The quantitative estimate of drug-likeness (QED) is 0.642. The molecule has 2 nitrogen and oxygen atoms in total. The van der Waals surface area contributed by atoms with Crippen LogP contribution in [0.2, 0.25) is 0 Å². The third-order valence-electron chi connectivity index (χ3n) is 3.04. The van der Waals surface area contributed by atoms with E-state index in [0.717, 1.165) is 18.4 Å². The lowest BCUT2D eigenvalue weighted by Crippen LogP contribution is -2.19. The molecule has 0 amide bonds. The summed E-state index contributed by atoms with van der Waals surface area (Å²) in [6.07, 6.45) is 6.24. The highest BCUT2D eigenvalue weighted by atomic mass is 15.0. The molecular weight excluding hydrogens is 148 g/mol. The Balaban J connectivity index is 1.58. The molecule has 1 unspecified atom stereocenters. The maximum Gasteiger partial charge on any atom is 0.0635 e. The minimum Gasteiger partial charge on any atom is -0.308 e. The van der Waals surface area contributed by atoms with Crippen molar-refractivity contribution < 1.29 is 0 Å². The molecule has 0 aromatic heterocycles. The lowest BCUT2D eigenvalue weighted by Gasteiger charge is -2.25. The number of nitrogens with one attached hydrogen (secondary N) is 1. The van der Waals surface area contributed by atoms with E-state index in [2.05, 4.69) is 11.4 Å². The van der Waals surface area contributed by atoms with Crippen LogP contribution in [0.15, 0.2) is 0 Å². The molecule has 2 rings (SSSR count). The number of rotatable bonds is 4. The molecule has 2 heteroatoms. The van der Waals surface area contributed by atoms with Crippen molar-refractivity contribution in [3.8, 4) is 6.07 Å². The summed E-state index contributed by atoms with van der Waals surface area (Å²) in [5.41, 5.74) is 0. The molecule has 0 spiro atoms. The summed E-state index contributed by atoms with van der Waals surface area (Å²) in [5.74, 6) is 1.88. The maximum atomic E-state index is 8.33. The van der Waals surface area contributed by atoms with Crippen molar-refractivity contribution in [1.29, 1.82) is 5.26 Å². The van der Waals surface area contributed by atoms with Crippen LogP contribution in [0.5, 0.6) is 0 Å². The molecule has 2 aliphatic carbocycles. The first-order valence-corrected chi connectivity index (χ1v) is 4.88. The Morgan fingerprint density at radius 3 is 2.92 bits per heavy atom. The number of nitrogens with zero attached hydrogens (tertiary/aromatic N) is 1. The Bertz CT molecular complexity index is 191. The molecule has 2 saturated carbocycles. The SMILES string of the molecule is N#CCCN[C]1CC1C1CCC1. The molecule has 0 aromatic carbocycles. The summed E-state index contributed by atoms with van der Waals surface area (Å²) in [7, 11) is 0. The van der Waals surface area contributed by atoms with Crippen molar-refractivity contribution in [3.05, 3.63) is 6.04 Å². The van der Waals surface area contributed by atoms with E-state index in [1.165, 1.54) is 31.7 Å². The van der Waals surface area contributed by atoms with Crippen LogP contribution in [0.1, 0.15) is 32.1 Å². The molecule has 65 valence electrons. The van der Waals surface area contributed by atoms with Crippen molar-refractivity contribution >= 4 is 0 Å². The van der Waals surface area contributed by atoms with Crippen LogP contribution in [0.3, 0.4) is 0 Å². The van der Waals surface area contributed by atoms with E-state index in [9.17, 15) is 0 Å². The number of hydrogen-bond donors (Lipinski definition) is 1. The van der Waals surface area contributed by atoms with Crippen molar-refractivity contribution in [2.24, 2.45) is 11.8 Å². The van der Waals surface area contributed by atoms with Gasteiger partial charge in [0.25, 0.3) is 0 Å². The fourth-order valence-corrected chi connectivity index (χ4v) is 1.95. The molecule has 1 N–H and O–H groups in total. The fourth-order valence-electron chi connectivity index (χ4n) is 1.95. The number of nitriles is 1. The second kappa shape index (κ2) is 3.45. The Labute approximate surface area is 74.0 Å². The van der Waals surface area contributed by atoms with E-state index in [4.69, 9.17) is 5.26 Å². The molecule has 1 atom stereocenters. The van der Waals surface area contributed by atoms with Crippen LogP contribution in [-0.4, -0.2) is 6.54 Å². The summed E-state index contributed by atoms with van der Waals surface area (Å²) >= 11 is 0. The predicted molar refractivity (Wildman–Crippen MR) is 46.9 cm³/mol. The predicted octanol–water partition coefficient (Wildman–Crippen LogP) is 1.84. The van der Waals surface area contributed by atoms with Gasteiger partial charge in [-0.1, -0.05) is 19.3 Å². The molecule has 2 fully saturated rings. The summed E-state index contributed by atoms with van der Waals surface area (Å²) in [5, 5.41) is 11.7. The summed E-state index contributed by atoms with van der Waals surface area (Å²) < 4.78 is 0. The van der Waals surface area contributed by atoms with Crippen molar-refractivity contribution in [2.75, 3.05) is 6.54 Å². The van der Waals surface area contributed by atoms with E-state index >= 15 is 0 Å². The summed E-state index contributed by atoms with van der Waals surface area (Å²) in [6, 6.07) is 3.67. The Kier molecular flexibility index (Phi) is 2.32. The van der Waals surface area contributed by atoms with Gasteiger partial charge in [-0.25, -0.2) is 0 Å². The highest BCUT2D eigenvalue weighted by Crippen LogP contribution is 2.51. The maximum absolute atomic E-state index is 8.33. The van der Waals surface area contributed by atoms with Crippen molar-refractivity contribution in [3.63, 3.8) is 0 Å². The van der Waals surface area contributed by atoms with Gasteiger partial charge in [0.05, 0.1) is 6.07 Å². The van der Waals surface area contributed by atoms with Gasteiger partial charge in [-0.15, -0.1) is 0 Å². The molecule has 0 saturated heterocycles. The lowest BCUT2D eigenvalue weighted by molar-refractivity contribution is 0.278. The fraction of sp³-hybridized carbons (Fsp3) is 0.800. The summed E-state index contributed by atoms with van der Waals surface area (Å²) in [6.45, 7) is 0.856. The van der Waals surface area contributed by atoms with Crippen LogP contribution in [0, 0.1) is 29.2 Å². The zero-order valence-electron chi connectivity index (χ0n) is 7.34. The average Bonchev–Trinajstić information content (AvgIpc) is 2.66. The van der Waals surface area contributed by atoms with Gasteiger partial charge in [-0.05, 0) is 18.3 Å². The van der Waals surface area contributed by atoms with Gasteiger partial charge in [0, 0.05) is 19.0 Å². The molecule has 12 heavy (non-hydrogen) atoms. The zero-order chi connectivity index (χ0) is 8.39. The minimum atomic E-state index is 0.640. The number of hydrogen-bond acceptors (Lipinski definition) is 2. The molecule has 0 aliphatic heterocycles. The van der Waals surface area contributed by atoms with Crippen LogP contribution in [0.4, 0.5) is 0 Å². The molecule has 2 aliphatic rings. The van der Waals surface area contributed by atoms with Crippen LogP contribution in [0.25, 0.3) is 0 Å². The smallest absolute Gasteiger partial charge is 0.0635 e. The molecule has 0 heterocycles. The van der Waals surface area contributed by atoms with E-state index in [0.29, 0.717) is 6.42 Å². The molecule has 0 bridgehead atoms. The van der Waals surface area contributed by atoms with Gasteiger partial charge in [0.1, 0.15) is 0 Å². The monoisotopic (exact) mass is 163 g/mol. The first-order chi connectivity index (χ1) is 5.92. The van der Waals surface area contributed by atoms with E-state index < -0.39 is 0 Å². The van der Waals surface area contributed by atoms with Gasteiger partial charge >= 0.3 is 0 Å². The van der Waals surface area contributed by atoms with Crippen LogP contribution >= 0.6 is 0 Å². The minimum absolute atomic E-state index is 0.640. The molecule has 0 aromatic rings. The van der Waals surface area contributed by atoms with Gasteiger partial charge in [0.15, 0.2) is 0 Å². The molecule has 1 radical (unpaired) electrons. The third-order valence-corrected chi connectivity index (χ3v) is 3.04. The van der Waals surface area contributed by atoms with Gasteiger partial charge in [-0.2, -0.15) is 5.26 Å². The van der Waals surface area contributed by atoms with E-state index in [1.807, 2.05) is 0 Å². The van der Waals surface area contributed by atoms with Crippen LogP contribution < -0.4 is 5.32 Å². The zero-order valence-corrected chi connectivity index (χ0v) is 7.34. The largest absolute Gasteiger partial charge is 0.308 e. The highest BCUT2D eigenvalue weighted by molar-refractivity contribution is 5.15. The second-order valence-corrected chi connectivity index (χ2v) is 3.86. The highest BCUT2D eigenvalue weighted by Gasteiger charge is 2.44. The summed E-state index contributed by atoms with van der Waals surface area (Å²) in [4.78, 5) is 0. The second-order valence-electron chi connectivity index (χ2n) is 3.86. The normalized spacial score (nSPS) is 29.4. The van der Waals surface area contributed by atoms with Gasteiger partial charge < -0.3 is 5.32 Å². The van der Waals surface area contributed by atoms with Crippen molar-refractivity contribution in [2.45, 2.75) is 32.1 Å². The molecular formula is C10H15N2. The van der Waals surface area contributed by atoms with Crippen LogP contribution in [-0.2, 0) is 0 Å². The third kappa shape index (κ3) is 1.61. The standard InChI is InChI=1S/C10H15N2/c11-5-2-6-12-10-7-9(10)8-3-1-4-8/h8-9,12H,1-4,6-7H2. The lowest BCUT2D eigenvalue weighted by atomic mass is 9.81. The average molecular weight is 163 g/mol. The van der Waals surface area contributed by atoms with E-state index in [1.54, 1.807) is 0 Å².